The molecule has 1 aromatic rings. The van der Waals surface area contributed by atoms with Crippen LogP contribution in [0.15, 0.2) is 30.6 Å². The molecule has 11 nitrogen and oxygen atoms in total. The van der Waals surface area contributed by atoms with E-state index >= 15 is 0 Å². The Balaban J connectivity index is 0.000000821. The lowest BCUT2D eigenvalue weighted by molar-refractivity contribution is -0.128. The average molecular weight is 563 g/mol. The van der Waals surface area contributed by atoms with Gasteiger partial charge in [0.15, 0.2) is 0 Å². The Morgan fingerprint density at radius 1 is 0.900 bits per heavy atom. The highest BCUT2D eigenvalue weighted by atomic mass is 16.5. The van der Waals surface area contributed by atoms with Crippen LogP contribution in [0.3, 0.4) is 0 Å². The van der Waals surface area contributed by atoms with Crippen molar-refractivity contribution < 1.29 is 33.4 Å². The average Bonchev–Trinajstić information content (AvgIpc) is 3.32. The standard InChI is InChI=1S/C24H41N3O7.C5H5N/c1-3-21(28)18-4-6-20(7-5-18)26-22(29)8-10-32-12-14-34-15-13-33-11-9-25-24(31)19-16-23(30)27(2)17-19;1-2-4-6-5-3-1/h18-20H,3-17H2,1-2H3,(H,25,31)(H,26,29);1-5H. The molecule has 224 valence electrons. The molecule has 1 saturated heterocycles. The largest absolute Gasteiger partial charge is 0.379 e. The second-order valence-electron chi connectivity index (χ2n) is 10.0. The molecule has 1 atom stereocenters. The number of hydrogen-bond acceptors (Lipinski definition) is 8. The minimum atomic E-state index is -0.274. The first-order chi connectivity index (χ1) is 19.4. The Morgan fingerprint density at radius 3 is 2.05 bits per heavy atom. The summed E-state index contributed by atoms with van der Waals surface area (Å²) in [5, 5.41) is 5.82. The Labute approximate surface area is 237 Å². The van der Waals surface area contributed by atoms with E-state index in [0.29, 0.717) is 71.4 Å². The van der Waals surface area contributed by atoms with Crippen LogP contribution >= 0.6 is 0 Å². The SMILES string of the molecule is CCC(=O)C1CCC(NC(=O)CCOCCOCCOCCNC(=O)C2CC(=O)N(C)C2)CC1.c1ccncc1. The molecule has 2 fully saturated rings. The quantitative estimate of drug-likeness (QED) is 0.291. The van der Waals surface area contributed by atoms with E-state index in [1.165, 1.54) is 0 Å². The van der Waals surface area contributed by atoms with Crippen LogP contribution in [0, 0.1) is 11.8 Å². The molecule has 1 aliphatic heterocycles. The number of nitrogens with one attached hydrogen (secondary N) is 2. The van der Waals surface area contributed by atoms with E-state index in [2.05, 4.69) is 15.6 Å². The van der Waals surface area contributed by atoms with Crippen LogP contribution in [-0.2, 0) is 33.4 Å². The van der Waals surface area contributed by atoms with Crippen molar-refractivity contribution in [2.75, 3.05) is 59.8 Å². The number of ether oxygens (including phenoxy) is 3. The highest BCUT2D eigenvalue weighted by molar-refractivity contribution is 5.89. The van der Waals surface area contributed by atoms with Gasteiger partial charge in [0.05, 0.1) is 45.6 Å². The fourth-order valence-electron chi connectivity index (χ4n) is 4.60. The number of carbonyl (C=O) groups excluding carboxylic acids is 4. The fraction of sp³-hybridized carbons (Fsp3) is 0.690. The van der Waals surface area contributed by atoms with E-state index < -0.39 is 0 Å². The van der Waals surface area contributed by atoms with E-state index in [9.17, 15) is 19.2 Å². The van der Waals surface area contributed by atoms with Crippen molar-refractivity contribution in [3.8, 4) is 0 Å². The number of carbonyl (C=O) groups is 4. The number of likely N-dealkylation sites (tertiary alicyclic amines) is 1. The summed E-state index contributed by atoms with van der Waals surface area (Å²) in [6.07, 6.45) is 8.14. The molecule has 0 spiro atoms. The van der Waals surface area contributed by atoms with Gasteiger partial charge < -0.3 is 29.7 Å². The molecular formula is C29H46N4O7. The van der Waals surface area contributed by atoms with Crippen molar-refractivity contribution >= 4 is 23.5 Å². The first kappa shape index (κ1) is 33.3. The fourth-order valence-corrected chi connectivity index (χ4v) is 4.60. The summed E-state index contributed by atoms with van der Waals surface area (Å²) in [5.41, 5.74) is 0. The summed E-state index contributed by atoms with van der Waals surface area (Å²) in [6, 6.07) is 5.88. The summed E-state index contributed by atoms with van der Waals surface area (Å²) in [5.74, 6) is 0.107. The van der Waals surface area contributed by atoms with Gasteiger partial charge in [0.1, 0.15) is 5.78 Å². The van der Waals surface area contributed by atoms with Crippen molar-refractivity contribution in [1.29, 1.82) is 0 Å². The molecule has 1 aliphatic carbocycles. The molecule has 3 amide bonds. The van der Waals surface area contributed by atoms with Crippen LogP contribution < -0.4 is 10.6 Å². The monoisotopic (exact) mass is 562 g/mol. The van der Waals surface area contributed by atoms with E-state index in [4.69, 9.17) is 14.2 Å². The maximum absolute atomic E-state index is 12.0. The second kappa shape index (κ2) is 20.1. The Kier molecular flexibility index (Phi) is 16.7. The summed E-state index contributed by atoms with van der Waals surface area (Å²) >= 11 is 0. The van der Waals surface area contributed by atoms with Gasteiger partial charge in [-0.05, 0) is 37.8 Å². The molecule has 2 aliphatic rings. The van der Waals surface area contributed by atoms with Crippen molar-refractivity contribution in [3.63, 3.8) is 0 Å². The van der Waals surface area contributed by atoms with E-state index in [-0.39, 0.29) is 42.0 Å². The number of hydrogen-bond donors (Lipinski definition) is 2. The summed E-state index contributed by atoms with van der Waals surface area (Å²) in [6.45, 7) is 5.15. The molecule has 0 radical (unpaired) electrons. The van der Waals surface area contributed by atoms with Gasteiger partial charge in [-0.3, -0.25) is 24.2 Å². The molecular weight excluding hydrogens is 516 g/mol. The Bertz CT molecular complexity index is 852. The van der Waals surface area contributed by atoms with Crippen LogP contribution in [0.1, 0.15) is 51.9 Å². The molecule has 2 N–H and O–H groups in total. The van der Waals surface area contributed by atoms with Gasteiger partial charge >= 0.3 is 0 Å². The number of Topliss-reactive ketones (excluding diaryl/α,β-unsaturated/α-hetero) is 1. The van der Waals surface area contributed by atoms with Crippen LogP contribution in [0.5, 0.6) is 0 Å². The normalized spacial score (nSPS) is 20.4. The van der Waals surface area contributed by atoms with Gasteiger partial charge in [-0.2, -0.15) is 0 Å². The zero-order chi connectivity index (χ0) is 29.0. The van der Waals surface area contributed by atoms with E-state index in [0.717, 1.165) is 25.7 Å². The van der Waals surface area contributed by atoms with Crippen molar-refractivity contribution in [2.24, 2.45) is 11.8 Å². The number of rotatable bonds is 16. The smallest absolute Gasteiger partial charge is 0.225 e. The number of aromatic nitrogens is 1. The Morgan fingerprint density at radius 2 is 1.52 bits per heavy atom. The van der Waals surface area contributed by atoms with Crippen molar-refractivity contribution in [3.05, 3.63) is 30.6 Å². The topological polar surface area (TPSA) is 136 Å². The van der Waals surface area contributed by atoms with Crippen LogP contribution in [0.2, 0.25) is 0 Å². The molecule has 1 saturated carbocycles. The molecule has 1 unspecified atom stereocenters. The second-order valence-corrected chi connectivity index (χ2v) is 10.0. The molecule has 2 heterocycles. The molecule has 0 bridgehead atoms. The minimum Gasteiger partial charge on any atom is -0.379 e. The molecule has 3 rings (SSSR count). The van der Waals surface area contributed by atoms with Gasteiger partial charge in [-0.25, -0.2) is 0 Å². The molecule has 40 heavy (non-hydrogen) atoms. The van der Waals surface area contributed by atoms with Crippen LogP contribution in [-0.4, -0.2) is 99.2 Å². The maximum atomic E-state index is 12.0. The minimum absolute atomic E-state index is 0.000323. The van der Waals surface area contributed by atoms with E-state index in [1.54, 1.807) is 24.3 Å². The number of amides is 3. The lowest BCUT2D eigenvalue weighted by Gasteiger charge is -2.28. The molecule has 11 heteroatoms. The van der Waals surface area contributed by atoms with Crippen molar-refractivity contribution in [1.82, 2.24) is 20.5 Å². The first-order valence-corrected chi connectivity index (χ1v) is 14.3. The molecule has 1 aromatic heterocycles. The van der Waals surface area contributed by atoms with E-state index in [1.807, 2.05) is 25.1 Å². The van der Waals surface area contributed by atoms with Gasteiger partial charge in [0.25, 0.3) is 0 Å². The van der Waals surface area contributed by atoms with Gasteiger partial charge in [-0.1, -0.05) is 13.0 Å². The zero-order valence-corrected chi connectivity index (χ0v) is 24.0. The predicted molar refractivity (Wildman–Crippen MR) is 149 cm³/mol. The lowest BCUT2D eigenvalue weighted by atomic mass is 9.83. The Hall–Kier alpha value is -2.89. The van der Waals surface area contributed by atoms with Gasteiger partial charge in [0.2, 0.25) is 17.7 Å². The summed E-state index contributed by atoms with van der Waals surface area (Å²) < 4.78 is 16.3. The van der Waals surface area contributed by atoms with Gasteiger partial charge in [-0.15, -0.1) is 0 Å². The third kappa shape index (κ3) is 14.0. The third-order valence-corrected chi connectivity index (χ3v) is 6.94. The maximum Gasteiger partial charge on any atom is 0.225 e. The van der Waals surface area contributed by atoms with Gasteiger partial charge in [0, 0.05) is 63.8 Å². The highest BCUT2D eigenvalue weighted by Crippen LogP contribution is 2.25. The molecule has 0 aromatic carbocycles. The number of pyridine rings is 1. The zero-order valence-electron chi connectivity index (χ0n) is 24.0. The lowest BCUT2D eigenvalue weighted by Crippen LogP contribution is -2.39. The predicted octanol–water partition coefficient (Wildman–Crippen LogP) is 1.76. The third-order valence-electron chi connectivity index (χ3n) is 6.94. The first-order valence-electron chi connectivity index (χ1n) is 14.3. The van der Waals surface area contributed by atoms with Crippen molar-refractivity contribution in [2.45, 2.75) is 57.9 Å². The number of ketones is 1. The summed E-state index contributed by atoms with van der Waals surface area (Å²) in [4.78, 5) is 52.6. The summed E-state index contributed by atoms with van der Waals surface area (Å²) in [7, 11) is 1.70. The van der Waals surface area contributed by atoms with Crippen LogP contribution in [0.25, 0.3) is 0 Å². The van der Waals surface area contributed by atoms with Crippen LogP contribution in [0.4, 0.5) is 0 Å². The number of nitrogens with zero attached hydrogens (tertiary/aromatic N) is 2. The highest BCUT2D eigenvalue weighted by Gasteiger charge is 2.31.